The number of benzene rings is 1. The molecule has 1 unspecified atom stereocenters. The van der Waals surface area contributed by atoms with E-state index in [1.807, 2.05) is 18.3 Å². The monoisotopic (exact) mass is 286 g/mol. The highest BCUT2D eigenvalue weighted by molar-refractivity contribution is 7.80. The Morgan fingerprint density at radius 1 is 1.10 bits per heavy atom. The molecule has 0 aliphatic carbocycles. The van der Waals surface area contributed by atoms with E-state index in [1.54, 1.807) is 0 Å². The van der Waals surface area contributed by atoms with Crippen molar-refractivity contribution >= 4 is 12.6 Å². The molecule has 2 aromatic rings. The number of nitrogens with zero attached hydrogens (tertiary/aromatic N) is 2. The SMILES string of the molecule is CN(CCc1ccccn1)CC(CS)c1ccccc1. The van der Waals surface area contributed by atoms with E-state index in [0.717, 1.165) is 31.0 Å². The standard InChI is InChI=1S/C17H22N2S/c1-19(12-10-17-9-5-6-11-18-17)13-16(14-20)15-7-3-2-4-8-15/h2-9,11,16,20H,10,12-14H2,1H3. The minimum absolute atomic E-state index is 0.480. The van der Waals surface area contributed by atoms with Crippen molar-refractivity contribution in [1.29, 1.82) is 0 Å². The minimum Gasteiger partial charge on any atom is -0.305 e. The molecule has 3 heteroatoms. The molecule has 2 nitrogen and oxygen atoms in total. The zero-order valence-electron chi connectivity index (χ0n) is 11.9. The summed E-state index contributed by atoms with van der Waals surface area (Å²) < 4.78 is 0. The fourth-order valence-corrected chi connectivity index (χ4v) is 2.64. The first-order valence-electron chi connectivity index (χ1n) is 7.04. The summed E-state index contributed by atoms with van der Waals surface area (Å²) in [5.41, 5.74) is 2.52. The summed E-state index contributed by atoms with van der Waals surface area (Å²) in [5.74, 6) is 1.35. The van der Waals surface area contributed by atoms with Gasteiger partial charge in [0.25, 0.3) is 0 Å². The van der Waals surface area contributed by atoms with Crippen molar-refractivity contribution in [3.8, 4) is 0 Å². The van der Waals surface area contributed by atoms with Gasteiger partial charge in [-0.05, 0) is 30.5 Å². The van der Waals surface area contributed by atoms with E-state index < -0.39 is 0 Å². The smallest absolute Gasteiger partial charge is 0.0416 e. The predicted molar refractivity (Wildman–Crippen MR) is 88.5 cm³/mol. The molecule has 1 aromatic carbocycles. The van der Waals surface area contributed by atoms with Gasteiger partial charge in [-0.2, -0.15) is 12.6 Å². The number of thiol groups is 1. The highest BCUT2D eigenvalue weighted by Crippen LogP contribution is 2.18. The first-order valence-corrected chi connectivity index (χ1v) is 7.67. The minimum atomic E-state index is 0.480. The topological polar surface area (TPSA) is 16.1 Å². The third-order valence-electron chi connectivity index (χ3n) is 3.50. The Labute approximate surface area is 127 Å². The largest absolute Gasteiger partial charge is 0.305 e. The van der Waals surface area contributed by atoms with Crippen LogP contribution in [0.5, 0.6) is 0 Å². The number of aromatic nitrogens is 1. The first kappa shape index (κ1) is 15.1. The van der Waals surface area contributed by atoms with E-state index in [4.69, 9.17) is 0 Å². The van der Waals surface area contributed by atoms with Gasteiger partial charge in [0.05, 0.1) is 0 Å². The summed E-state index contributed by atoms with van der Waals surface area (Å²) >= 11 is 4.50. The maximum absolute atomic E-state index is 4.50. The zero-order valence-corrected chi connectivity index (χ0v) is 12.8. The van der Waals surface area contributed by atoms with Crippen molar-refractivity contribution in [2.45, 2.75) is 12.3 Å². The molecule has 0 spiro atoms. The summed E-state index contributed by atoms with van der Waals surface area (Å²) in [6, 6.07) is 16.7. The van der Waals surface area contributed by atoms with Crippen molar-refractivity contribution in [3.63, 3.8) is 0 Å². The lowest BCUT2D eigenvalue weighted by Gasteiger charge is -2.23. The van der Waals surface area contributed by atoms with Crippen molar-refractivity contribution in [2.75, 3.05) is 25.9 Å². The average Bonchev–Trinajstić information content (AvgIpc) is 2.52. The lowest BCUT2D eigenvalue weighted by molar-refractivity contribution is 0.321. The number of likely N-dealkylation sites (N-methyl/N-ethyl adjacent to an activating group) is 1. The highest BCUT2D eigenvalue weighted by atomic mass is 32.1. The Bertz CT molecular complexity index is 487. The van der Waals surface area contributed by atoms with Crippen LogP contribution >= 0.6 is 12.6 Å². The Morgan fingerprint density at radius 2 is 1.85 bits per heavy atom. The zero-order chi connectivity index (χ0) is 14.2. The van der Waals surface area contributed by atoms with Gasteiger partial charge in [-0.15, -0.1) is 0 Å². The second kappa shape index (κ2) is 8.08. The lowest BCUT2D eigenvalue weighted by Crippen LogP contribution is -2.27. The normalized spacial score (nSPS) is 12.6. The molecule has 1 atom stereocenters. The van der Waals surface area contributed by atoms with Gasteiger partial charge >= 0.3 is 0 Å². The molecule has 1 aromatic heterocycles. The second-order valence-corrected chi connectivity index (χ2v) is 5.49. The number of hydrogen-bond acceptors (Lipinski definition) is 3. The van der Waals surface area contributed by atoms with E-state index in [0.29, 0.717) is 5.92 Å². The van der Waals surface area contributed by atoms with Crippen molar-refractivity contribution < 1.29 is 0 Å². The summed E-state index contributed by atoms with van der Waals surface area (Å²) in [6.45, 7) is 2.05. The van der Waals surface area contributed by atoms with Gasteiger partial charge in [0, 0.05) is 37.3 Å². The van der Waals surface area contributed by atoms with Crippen LogP contribution in [0.15, 0.2) is 54.7 Å². The third-order valence-corrected chi connectivity index (χ3v) is 3.94. The maximum atomic E-state index is 4.50. The van der Waals surface area contributed by atoms with Crippen LogP contribution in [0.25, 0.3) is 0 Å². The fraction of sp³-hybridized carbons (Fsp3) is 0.353. The Balaban J connectivity index is 1.85. The molecule has 0 aliphatic heterocycles. The second-order valence-electron chi connectivity index (χ2n) is 5.12. The van der Waals surface area contributed by atoms with Crippen LogP contribution in [-0.4, -0.2) is 35.8 Å². The number of rotatable bonds is 7. The summed E-state index contributed by atoms with van der Waals surface area (Å²) in [5, 5.41) is 0. The molecule has 106 valence electrons. The molecule has 20 heavy (non-hydrogen) atoms. The van der Waals surface area contributed by atoms with E-state index >= 15 is 0 Å². The predicted octanol–water partition coefficient (Wildman–Crippen LogP) is 3.27. The summed E-state index contributed by atoms with van der Waals surface area (Å²) in [6.07, 6.45) is 2.85. The Hall–Kier alpha value is -1.32. The maximum Gasteiger partial charge on any atom is 0.0416 e. The molecule has 0 saturated heterocycles. The van der Waals surface area contributed by atoms with Crippen molar-refractivity contribution in [2.24, 2.45) is 0 Å². The van der Waals surface area contributed by atoms with Crippen LogP contribution in [0, 0.1) is 0 Å². The summed E-state index contributed by atoms with van der Waals surface area (Å²) in [7, 11) is 2.17. The summed E-state index contributed by atoms with van der Waals surface area (Å²) in [4.78, 5) is 6.73. The van der Waals surface area contributed by atoms with Crippen LogP contribution in [0.1, 0.15) is 17.2 Å². The molecule has 0 N–H and O–H groups in total. The molecule has 0 saturated carbocycles. The molecule has 0 radical (unpaired) electrons. The van der Waals surface area contributed by atoms with Crippen LogP contribution in [0.2, 0.25) is 0 Å². The van der Waals surface area contributed by atoms with Gasteiger partial charge in [-0.1, -0.05) is 36.4 Å². The van der Waals surface area contributed by atoms with Gasteiger partial charge in [0.15, 0.2) is 0 Å². The molecule has 0 amide bonds. The van der Waals surface area contributed by atoms with E-state index in [-0.39, 0.29) is 0 Å². The van der Waals surface area contributed by atoms with Crippen molar-refractivity contribution in [3.05, 3.63) is 66.0 Å². The Kier molecular flexibility index (Phi) is 6.09. The lowest BCUT2D eigenvalue weighted by atomic mass is 10.0. The fourth-order valence-electron chi connectivity index (χ4n) is 2.31. The Morgan fingerprint density at radius 3 is 2.50 bits per heavy atom. The van der Waals surface area contributed by atoms with Crippen molar-refractivity contribution in [1.82, 2.24) is 9.88 Å². The number of hydrogen-bond donors (Lipinski definition) is 1. The number of pyridine rings is 1. The molecule has 0 bridgehead atoms. The van der Waals surface area contributed by atoms with Gasteiger partial charge < -0.3 is 4.90 Å². The molecule has 2 rings (SSSR count). The highest BCUT2D eigenvalue weighted by Gasteiger charge is 2.12. The van der Waals surface area contributed by atoms with Crippen LogP contribution in [0.4, 0.5) is 0 Å². The van der Waals surface area contributed by atoms with E-state index in [1.165, 1.54) is 5.56 Å². The van der Waals surface area contributed by atoms with Gasteiger partial charge in [0.2, 0.25) is 0 Å². The van der Waals surface area contributed by atoms with Crippen LogP contribution in [-0.2, 0) is 6.42 Å². The molecule has 0 aliphatic rings. The van der Waals surface area contributed by atoms with Gasteiger partial charge in [0.1, 0.15) is 0 Å². The van der Waals surface area contributed by atoms with Crippen LogP contribution in [0.3, 0.4) is 0 Å². The molecular formula is C17H22N2S. The third kappa shape index (κ3) is 4.66. The van der Waals surface area contributed by atoms with Crippen LogP contribution < -0.4 is 0 Å². The molecular weight excluding hydrogens is 264 g/mol. The van der Waals surface area contributed by atoms with E-state index in [2.05, 4.69) is 66.0 Å². The quantitative estimate of drug-likeness (QED) is 0.786. The average molecular weight is 286 g/mol. The van der Waals surface area contributed by atoms with Gasteiger partial charge in [-0.3, -0.25) is 4.98 Å². The molecule has 0 fully saturated rings. The van der Waals surface area contributed by atoms with Gasteiger partial charge in [-0.25, -0.2) is 0 Å². The molecule has 1 heterocycles. The first-order chi connectivity index (χ1) is 9.79. The van der Waals surface area contributed by atoms with E-state index in [9.17, 15) is 0 Å².